The number of fused-ring (bicyclic) bond motifs is 1. The smallest absolute Gasteiger partial charge is 0.338 e. The van der Waals surface area contributed by atoms with Crippen LogP contribution in [0.2, 0.25) is 0 Å². The van der Waals surface area contributed by atoms with Crippen molar-refractivity contribution in [2.24, 2.45) is 0 Å². The third kappa shape index (κ3) is 3.94. The maximum atomic E-state index is 12.3. The maximum absolute atomic E-state index is 12.3. The van der Waals surface area contributed by atoms with Crippen molar-refractivity contribution in [3.05, 3.63) is 76.5 Å². The number of carbonyl (C=O) groups is 2. The highest BCUT2D eigenvalue weighted by Crippen LogP contribution is 2.29. The number of esters is 1. The van der Waals surface area contributed by atoms with Crippen LogP contribution in [-0.4, -0.2) is 23.6 Å². The Hall–Kier alpha value is -3.45. The van der Waals surface area contributed by atoms with Crippen molar-refractivity contribution in [2.75, 3.05) is 6.61 Å². The molecule has 6 nitrogen and oxygen atoms in total. The van der Waals surface area contributed by atoms with E-state index >= 15 is 0 Å². The van der Waals surface area contributed by atoms with Crippen LogP contribution in [-0.2, 0) is 16.1 Å². The molecule has 0 saturated heterocycles. The van der Waals surface area contributed by atoms with Crippen LogP contribution in [0.3, 0.4) is 0 Å². The van der Waals surface area contributed by atoms with Crippen LogP contribution in [0.4, 0.5) is 0 Å². The summed E-state index contributed by atoms with van der Waals surface area (Å²) in [6, 6.07) is 18.3. The number of ether oxygens (including phenoxy) is 1. The van der Waals surface area contributed by atoms with Gasteiger partial charge in [-0.3, -0.25) is 4.79 Å². The number of hydrogen-bond acceptors (Lipinski definition) is 6. The van der Waals surface area contributed by atoms with Crippen LogP contribution >= 0.6 is 11.3 Å². The second-order valence-electron chi connectivity index (χ2n) is 6.04. The molecule has 2 heterocycles. The summed E-state index contributed by atoms with van der Waals surface area (Å²) in [4.78, 5) is 25.3. The lowest BCUT2D eigenvalue weighted by Gasteiger charge is -2.06. The van der Waals surface area contributed by atoms with Gasteiger partial charge in [0, 0.05) is 10.4 Å². The lowest BCUT2D eigenvalue weighted by atomic mass is 10.1. The zero-order valence-electron chi connectivity index (χ0n) is 14.8. The van der Waals surface area contributed by atoms with Gasteiger partial charge in [0.15, 0.2) is 12.4 Å². The van der Waals surface area contributed by atoms with E-state index in [-0.39, 0.29) is 12.5 Å². The standard InChI is InChI=1S/C21H16N2O4S/c24-19(22-12-16-7-4-10-28-16)13-26-21(25)15-8-9-18-17(11-15)20(27-23-18)14-5-2-1-3-6-14/h1-11H,12-13H2,(H,22,24). The second kappa shape index (κ2) is 8.06. The molecule has 4 aromatic rings. The summed E-state index contributed by atoms with van der Waals surface area (Å²) in [5, 5.41) is 9.39. The fourth-order valence-corrected chi connectivity index (χ4v) is 3.38. The molecule has 0 radical (unpaired) electrons. The largest absolute Gasteiger partial charge is 0.452 e. The molecule has 140 valence electrons. The molecule has 28 heavy (non-hydrogen) atoms. The Morgan fingerprint density at radius 1 is 1.07 bits per heavy atom. The highest BCUT2D eigenvalue weighted by Gasteiger charge is 2.15. The van der Waals surface area contributed by atoms with Gasteiger partial charge >= 0.3 is 5.97 Å². The van der Waals surface area contributed by atoms with E-state index in [1.54, 1.807) is 29.5 Å². The van der Waals surface area contributed by atoms with Crippen LogP contribution in [0.5, 0.6) is 0 Å². The minimum Gasteiger partial charge on any atom is -0.452 e. The zero-order chi connectivity index (χ0) is 19.3. The molecular formula is C21H16N2O4S. The number of rotatable bonds is 6. The summed E-state index contributed by atoms with van der Waals surface area (Å²) in [7, 11) is 0. The lowest BCUT2D eigenvalue weighted by Crippen LogP contribution is -2.28. The minimum atomic E-state index is -0.576. The quantitative estimate of drug-likeness (QED) is 0.501. The van der Waals surface area contributed by atoms with Crippen molar-refractivity contribution in [3.63, 3.8) is 0 Å². The molecule has 2 aromatic heterocycles. The van der Waals surface area contributed by atoms with Gasteiger partial charge in [-0.25, -0.2) is 4.79 Å². The van der Waals surface area contributed by atoms with Gasteiger partial charge in [-0.15, -0.1) is 11.3 Å². The Morgan fingerprint density at radius 3 is 2.71 bits per heavy atom. The first-order valence-corrected chi connectivity index (χ1v) is 9.50. The van der Waals surface area contributed by atoms with E-state index in [2.05, 4.69) is 10.5 Å². The molecule has 0 fully saturated rings. The van der Waals surface area contributed by atoms with E-state index in [0.29, 0.717) is 28.8 Å². The molecule has 0 aliphatic carbocycles. The topological polar surface area (TPSA) is 81.4 Å². The second-order valence-corrected chi connectivity index (χ2v) is 7.07. The number of hydrogen-bond donors (Lipinski definition) is 1. The molecule has 1 amide bonds. The monoisotopic (exact) mass is 392 g/mol. The summed E-state index contributed by atoms with van der Waals surface area (Å²) in [5.41, 5.74) is 1.84. The Bertz CT molecular complexity index is 1100. The first-order valence-electron chi connectivity index (χ1n) is 8.62. The van der Waals surface area contributed by atoms with E-state index in [0.717, 1.165) is 10.4 Å². The summed E-state index contributed by atoms with van der Waals surface area (Å²) >= 11 is 1.55. The van der Waals surface area contributed by atoms with Gasteiger partial charge in [-0.1, -0.05) is 41.6 Å². The number of amides is 1. The van der Waals surface area contributed by atoms with Crippen molar-refractivity contribution in [2.45, 2.75) is 6.54 Å². The molecule has 0 saturated carbocycles. The summed E-state index contributed by atoms with van der Waals surface area (Å²) in [6.07, 6.45) is 0. The van der Waals surface area contributed by atoms with Gasteiger partial charge in [0.1, 0.15) is 5.52 Å². The number of benzene rings is 2. The Kier molecular flexibility index (Phi) is 5.16. The molecule has 0 bridgehead atoms. The van der Waals surface area contributed by atoms with E-state index < -0.39 is 5.97 Å². The van der Waals surface area contributed by atoms with Crippen LogP contribution in [0.1, 0.15) is 15.2 Å². The van der Waals surface area contributed by atoms with Crippen LogP contribution in [0.25, 0.3) is 22.2 Å². The van der Waals surface area contributed by atoms with Crippen molar-refractivity contribution < 1.29 is 18.8 Å². The van der Waals surface area contributed by atoms with Crippen LogP contribution < -0.4 is 5.32 Å². The average Bonchev–Trinajstić information content (AvgIpc) is 3.40. The molecule has 0 unspecified atom stereocenters. The van der Waals surface area contributed by atoms with Crippen molar-refractivity contribution in [3.8, 4) is 11.3 Å². The summed E-state index contributed by atoms with van der Waals surface area (Å²) in [5.74, 6) is -0.342. The Labute approximate surface area is 164 Å². The van der Waals surface area contributed by atoms with Gasteiger partial charge < -0.3 is 14.6 Å². The third-order valence-corrected chi connectivity index (χ3v) is 5.00. The predicted molar refractivity (Wildman–Crippen MR) is 106 cm³/mol. The van der Waals surface area contributed by atoms with Gasteiger partial charge in [0.2, 0.25) is 0 Å². The summed E-state index contributed by atoms with van der Waals surface area (Å²) in [6.45, 7) is 0.0819. The molecule has 7 heteroatoms. The van der Waals surface area contributed by atoms with Crippen molar-refractivity contribution >= 4 is 34.1 Å². The fourth-order valence-electron chi connectivity index (χ4n) is 2.73. The molecule has 4 rings (SSSR count). The number of nitrogens with one attached hydrogen (secondary N) is 1. The molecule has 0 aliphatic rings. The number of carbonyl (C=O) groups excluding carboxylic acids is 2. The Morgan fingerprint density at radius 2 is 1.93 bits per heavy atom. The number of aromatic nitrogens is 1. The first-order chi connectivity index (χ1) is 13.7. The zero-order valence-corrected chi connectivity index (χ0v) is 15.6. The van der Waals surface area contributed by atoms with Crippen molar-refractivity contribution in [1.29, 1.82) is 0 Å². The minimum absolute atomic E-state index is 0.332. The van der Waals surface area contributed by atoms with Crippen LogP contribution in [0, 0.1) is 0 Å². The fraction of sp³-hybridized carbons (Fsp3) is 0.0952. The van der Waals surface area contributed by atoms with Gasteiger partial charge in [0.05, 0.1) is 17.5 Å². The SMILES string of the molecule is O=C(COC(=O)c1ccc2noc(-c3ccccc3)c2c1)NCc1cccs1. The highest BCUT2D eigenvalue weighted by atomic mass is 32.1. The van der Waals surface area contributed by atoms with Crippen LogP contribution in [0.15, 0.2) is 70.6 Å². The van der Waals surface area contributed by atoms with Crippen molar-refractivity contribution in [1.82, 2.24) is 10.5 Å². The van der Waals surface area contributed by atoms with E-state index in [1.807, 2.05) is 47.8 Å². The lowest BCUT2D eigenvalue weighted by molar-refractivity contribution is -0.124. The van der Waals surface area contributed by atoms with Gasteiger partial charge in [0.25, 0.3) is 5.91 Å². The van der Waals surface area contributed by atoms with Gasteiger partial charge in [-0.05, 0) is 29.6 Å². The van der Waals surface area contributed by atoms with Gasteiger partial charge in [-0.2, -0.15) is 0 Å². The molecule has 0 spiro atoms. The molecule has 0 aliphatic heterocycles. The molecular weight excluding hydrogens is 376 g/mol. The predicted octanol–water partition coefficient (Wildman–Crippen LogP) is 4.03. The Balaban J connectivity index is 1.43. The highest BCUT2D eigenvalue weighted by molar-refractivity contribution is 7.09. The maximum Gasteiger partial charge on any atom is 0.338 e. The molecule has 2 aromatic carbocycles. The average molecular weight is 392 g/mol. The number of thiophene rings is 1. The molecule has 0 atom stereocenters. The van der Waals surface area contributed by atoms with E-state index in [4.69, 9.17) is 9.26 Å². The van der Waals surface area contributed by atoms with E-state index in [9.17, 15) is 9.59 Å². The normalized spacial score (nSPS) is 10.7. The third-order valence-electron chi connectivity index (χ3n) is 4.12. The summed E-state index contributed by atoms with van der Waals surface area (Å²) < 4.78 is 10.6. The first kappa shape index (κ1) is 17.9. The molecule has 1 N–H and O–H groups in total. The number of nitrogens with zero attached hydrogens (tertiary/aromatic N) is 1. The van der Waals surface area contributed by atoms with E-state index in [1.165, 1.54) is 0 Å².